The van der Waals surface area contributed by atoms with Crippen LogP contribution in [0.25, 0.3) is 0 Å². The molecule has 16 heavy (non-hydrogen) atoms. The van der Waals surface area contributed by atoms with Gasteiger partial charge in [-0.3, -0.25) is 10.1 Å². The molecule has 0 radical (unpaired) electrons. The van der Waals surface area contributed by atoms with Crippen molar-refractivity contribution in [3.8, 4) is 0 Å². The second-order valence-electron chi connectivity index (χ2n) is 3.78. The smallest absolute Gasteiger partial charge is 0.295 e. The van der Waals surface area contributed by atoms with Gasteiger partial charge < -0.3 is 11.1 Å². The molecular weight excluding hydrogens is 206 g/mol. The van der Waals surface area contributed by atoms with E-state index in [1.54, 1.807) is 25.1 Å². The monoisotopic (exact) mass is 223 g/mol. The first-order valence-electron chi connectivity index (χ1n) is 5.29. The minimum Gasteiger partial charge on any atom is -0.378 e. The predicted molar refractivity (Wildman–Crippen MR) is 64.6 cm³/mol. The molecule has 1 atom stereocenters. The number of rotatable bonds is 5. The zero-order chi connectivity index (χ0) is 12.1. The SMILES string of the molecule is CCC(N)CNc1cccc(C)c1[N+](=O)[O-]. The standard InChI is InChI=1S/C11H17N3O2/c1-3-9(12)7-13-10-6-4-5-8(2)11(10)14(15)16/h4-6,9,13H,3,7,12H2,1-2H3. The first-order valence-corrected chi connectivity index (χ1v) is 5.29. The third kappa shape index (κ3) is 2.93. The molecule has 1 aromatic carbocycles. The van der Waals surface area contributed by atoms with Crippen LogP contribution in [-0.4, -0.2) is 17.5 Å². The first kappa shape index (κ1) is 12.4. The van der Waals surface area contributed by atoms with Crippen LogP contribution < -0.4 is 11.1 Å². The van der Waals surface area contributed by atoms with Gasteiger partial charge in [-0.25, -0.2) is 0 Å². The summed E-state index contributed by atoms with van der Waals surface area (Å²) >= 11 is 0. The topological polar surface area (TPSA) is 81.2 Å². The van der Waals surface area contributed by atoms with Crippen molar-refractivity contribution in [2.24, 2.45) is 5.73 Å². The zero-order valence-electron chi connectivity index (χ0n) is 9.56. The van der Waals surface area contributed by atoms with Crippen LogP contribution in [0.4, 0.5) is 11.4 Å². The highest BCUT2D eigenvalue weighted by atomic mass is 16.6. The van der Waals surface area contributed by atoms with Crippen molar-refractivity contribution in [2.75, 3.05) is 11.9 Å². The number of aryl methyl sites for hydroxylation is 1. The van der Waals surface area contributed by atoms with E-state index in [9.17, 15) is 10.1 Å². The third-order valence-electron chi connectivity index (χ3n) is 2.50. The number of nitro groups is 1. The Kier molecular flexibility index (Phi) is 4.25. The molecule has 0 saturated heterocycles. The molecule has 0 spiro atoms. The normalized spacial score (nSPS) is 12.2. The fraction of sp³-hybridized carbons (Fsp3) is 0.455. The van der Waals surface area contributed by atoms with Crippen LogP contribution in [-0.2, 0) is 0 Å². The number of nitro benzene ring substituents is 1. The number of nitrogens with one attached hydrogen (secondary N) is 1. The van der Waals surface area contributed by atoms with Gasteiger partial charge in [0.25, 0.3) is 5.69 Å². The molecule has 0 fully saturated rings. The molecule has 1 rings (SSSR count). The van der Waals surface area contributed by atoms with E-state index in [1.807, 2.05) is 6.92 Å². The molecule has 88 valence electrons. The summed E-state index contributed by atoms with van der Waals surface area (Å²) in [5, 5.41) is 13.9. The van der Waals surface area contributed by atoms with Crippen molar-refractivity contribution in [1.29, 1.82) is 0 Å². The molecule has 1 unspecified atom stereocenters. The molecule has 0 aliphatic carbocycles. The molecular formula is C11H17N3O2. The summed E-state index contributed by atoms with van der Waals surface area (Å²) in [5.74, 6) is 0. The van der Waals surface area contributed by atoms with Gasteiger partial charge in [0, 0.05) is 18.2 Å². The molecule has 0 heterocycles. The Morgan fingerprint density at radius 3 is 2.81 bits per heavy atom. The van der Waals surface area contributed by atoms with Gasteiger partial charge in [0.15, 0.2) is 0 Å². The fourth-order valence-corrected chi connectivity index (χ4v) is 1.43. The molecule has 0 bridgehead atoms. The van der Waals surface area contributed by atoms with E-state index in [0.717, 1.165) is 6.42 Å². The summed E-state index contributed by atoms with van der Waals surface area (Å²) in [5.41, 5.74) is 7.07. The van der Waals surface area contributed by atoms with Crippen molar-refractivity contribution in [3.05, 3.63) is 33.9 Å². The van der Waals surface area contributed by atoms with Crippen LogP contribution >= 0.6 is 0 Å². The number of hydrogen-bond donors (Lipinski definition) is 2. The molecule has 5 nitrogen and oxygen atoms in total. The van der Waals surface area contributed by atoms with Crippen LogP contribution in [0.15, 0.2) is 18.2 Å². The van der Waals surface area contributed by atoms with Gasteiger partial charge in [0.1, 0.15) is 5.69 Å². The van der Waals surface area contributed by atoms with Crippen molar-refractivity contribution >= 4 is 11.4 Å². The lowest BCUT2D eigenvalue weighted by atomic mass is 10.1. The van der Waals surface area contributed by atoms with Gasteiger partial charge in [-0.15, -0.1) is 0 Å². The van der Waals surface area contributed by atoms with Crippen molar-refractivity contribution in [2.45, 2.75) is 26.3 Å². The second-order valence-corrected chi connectivity index (χ2v) is 3.78. The Bertz CT molecular complexity index is 379. The summed E-state index contributed by atoms with van der Waals surface area (Å²) < 4.78 is 0. The van der Waals surface area contributed by atoms with E-state index in [-0.39, 0.29) is 16.7 Å². The van der Waals surface area contributed by atoms with Crippen LogP contribution in [0.1, 0.15) is 18.9 Å². The maximum absolute atomic E-state index is 10.9. The Morgan fingerprint density at radius 2 is 2.25 bits per heavy atom. The Balaban J connectivity index is 2.87. The average molecular weight is 223 g/mol. The van der Waals surface area contributed by atoms with Crippen molar-refractivity contribution in [3.63, 3.8) is 0 Å². The van der Waals surface area contributed by atoms with E-state index < -0.39 is 0 Å². The number of para-hydroxylation sites is 1. The quantitative estimate of drug-likeness (QED) is 0.591. The zero-order valence-corrected chi connectivity index (χ0v) is 9.56. The van der Waals surface area contributed by atoms with Crippen LogP contribution in [0.3, 0.4) is 0 Å². The van der Waals surface area contributed by atoms with Gasteiger partial charge in [-0.1, -0.05) is 19.1 Å². The Morgan fingerprint density at radius 1 is 1.56 bits per heavy atom. The molecule has 0 aromatic heterocycles. The van der Waals surface area contributed by atoms with Gasteiger partial charge in [-0.05, 0) is 19.4 Å². The predicted octanol–water partition coefficient (Wildman–Crippen LogP) is 2.05. The highest BCUT2D eigenvalue weighted by Crippen LogP contribution is 2.27. The molecule has 3 N–H and O–H groups in total. The third-order valence-corrected chi connectivity index (χ3v) is 2.50. The Labute approximate surface area is 94.8 Å². The summed E-state index contributed by atoms with van der Waals surface area (Å²) in [6.45, 7) is 4.25. The summed E-state index contributed by atoms with van der Waals surface area (Å²) in [6, 6.07) is 5.23. The number of nitrogens with zero attached hydrogens (tertiary/aromatic N) is 1. The Hall–Kier alpha value is -1.62. The van der Waals surface area contributed by atoms with Gasteiger partial charge in [0.2, 0.25) is 0 Å². The summed E-state index contributed by atoms with van der Waals surface area (Å²) in [6.07, 6.45) is 0.840. The highest BCUT2D eigenvalue weighted by Gasteiger charge is 2.16. The lowest BCUT2D eigenvalue weighted by Gasteiger charge is -2.12. The molecule has 0 amide bonds. The number of anilines is 1. The minimum absolute atomic E-state index is 0.0140. The van der Waals surface area contributed by atoms with Gasteiger partial charge >= 0.3 is 0 Å². The molecule has 1 aromatic rings. The molecule has 0 aliphatic heterocycles. The summed E-state index contributed by atoms with van der Waals surface area (Å²) in [4.78, 5) is 10.5. The van der Waals surface area contributed by atoms with Crippen LogP contribution in [0.2, 0.25) is 0 Å². The van der Waals surface area contributed by atoms with Crippen molar-refractivity contribution in [1.82, 2.24) is 0 Å². The fourth-order valence-electron chi connectivity index (χ4n) is 1.43. The average Bonchev–Trinajstić information content (AvgIpc) is 2.25. The van der Waals surface area contributed by atoms with E-state index in [2.05, 4.69) is 5.32 Å². The largest absolute Gasteiger partial charge is 0.378 e. The minimum atomic E-state index is -0.366. The maximum atomic E-state index is 10.9. The summed E-state index contributed by atoms with van der Waals surface area (Å²) in [7, 11) is 0. The van der Waals surface area contributed by atoms with E-state index >= 15 is 0 Å². The van der Waals surface area contributed by atoms with Crippen molar-refractivity contribution < 1.29 is 4.92 Å². The van der Waals surface area contributed by atoms with E-state index in [1.165, 1.54) is 0 Å². The highest BCUT2D eigenvalue weighted by molar-refractivity contribution is 5.65. The van der Waals surface area contributed by atoms with E-state index in [0.29, 0.717) is 17.8 Å². The molecule has 0 saturated carbocycles. The number of nitrogens with two attached hydrogens (primary N) is 1. The molecule has 0 aliphatic rings. The number of benzene rings is 1. The van der Waals surface area contributed by atoms with E-state index in [4.69, 9.17) is 5.73 Å². The maximum Gasteiger partial charge on any atom is 0.295 e. The second kappa shape index (κ2) is 5.46. The van der Waals surface area contributed by atoms with Gasteiger partial charge in [0.05, 0.1) is 4.92 Å². The van der Waals surface area contributed by atoms with Crippen LogP contribution in [0, 0.1) is 17.0 Å². The number of hydrogen-bond acceptors (Lipinski definition) is 4. The van der Waals surface area contributed by atoms with Gasteiger partial charge in [-0.2, -0.15) is 0 Å². The lowest BCUT2D eigenvalue weighted by molar-refractivity contribution is -0.384. The first-order chi connectivity index (χ1) is 7.56. The van der Waals surface area contributed by atoms with Crippen LogP contribution in [0.5, 0.6) is 0 Å². The lowest BCUT2D eigenvalue weighted by Crippen LogP contribution is -2.28. The molecule has 5 heteroatoms.